The van der Waals surface area contributed by atoms with Gasteiger partial charge in [-0.05, 0) is 0 Å². The molecule has 0 aromatic carbocycles. The average molecular weight is 148 g/mol. The molecule has 0 heterocycles. The van der Waals surface area contributed by atoms with E-state index in [1.54, 1.807) is 0 Å². The van der Waals surface area contributed by atoms with Crippen molar-refractivity contribution >= 4 is 67.5 Å². The van der Waals surface area contributed by atoms with Gasteiger partial charge in [0.15, 0.2) is 0 Å². The molecule has 0 amide bonds. The standard InChI is InChI=1S/ClH.Li.Na.H2O3S.H/c;;;1-4(2)3;/h1H;;;(H2,1,2,3);/q;+1;;;/p-1. The zero-order valence-electron chi connectivity index (χ0n) is 3.09. The normalized spacial score (nSPS) is 6.00. The Morgan fingerprint density at radius 1 is 1.43 bits per heavy atom. The molecular weight excluding hydrogens is 145 g/mol. The van der Waals surface area contributed by atoms with Gasteiger partial charge in [-0.25, -0.2) is 0 Å². The summed E-state index contributed by atoms with van der Waals surface area (Å²) in [5.74, 6) is 0. The molecule has 0 aromatic heterocycles. The van der Waals surface area contributed by atoms with Crippen molar-refractivity contribution in [1.29, 1.82) is 0 Å². The monoisotopic (exact) mass is 148 g/mol. The van der Waals surface area contributed by atoms with Crippen molar-refractivity contribution in [3.05, 3.63) is 0 Å². The third kappa shape index (κ3) is 73.7. The molecule has 0 aromatic rings. The molecule has 0 aliphatic heterocycles. The second kappa shape index (κ2) is 15.7. The zero-order valence-corrected chi connectivity index (χ0v) is 4.66. The van der Waals surface area contributed by atoms with E-state index in [1.807, 2.05) is 0 Å². The van der Waals surface area contributed by atoms with Crippen LogP contribution in [0.15, 0.2) is 0 Å². The third-order valence-electron chi connectivity index (χ3n) is 0. The summed E-state index contributed by atoms with van der Waals surface area (Å²) < 4.78 is 22.8. The summed E-state index contributed by atoms with van der Waals surface area (Å²) >= 11 is -1.14. The van der Waals surface area contributed by atoms with E-state index in [-0.39, 0.29) is 29.6 Å². The van der Waals surface area contributed by atoms with Gasteiger partial charge in [0.2, 0.25) is 0 Å². The quantitative estimate of drug-likeness (QED) is 0.354. The van der Waals surface area contributed by atoms with Gasteiger partial charge >= 0.3 is 56.1 Å². The van der Waals surface area contributed by atoms with Crippen LogP contribution >= 0.6 is 9.80 Å². The number of rotatable bonds is 0. The molecule has 0 fully saturated rings. The first-order valence-electron chi connectivity index (χ1n) is 0.910. The van der Waals surface area contributed by atoms with Crippen LogP contribution in [-0.4, -0.2) is 59.6 Å². The van der Waals surface area contributed by atoms with E-state index in [4.69, 9.17) is 13.3 Å². The Hall–Kier alpha value is 1.96. The molecular formula is H3ClLiNaO3S. The van der Waals surface area contributed by atoms with Gasteiger partial charge in [-0.1, -0.05) is 0 Å². The molecule has 3 nitrogen and oxygen atoms in total. The summed E-state index contributed by atoms with van der Waals surface area (Å²) in [5, 5.41) is 0. The number of hydrogen-bond donors (Lipinski definition) is 2. The van der Waals surface area contributed by atoms with Crippen LogP contribution < -0.4 is 0 Å². The van der Waals surface area contributed by atoms with Crippen molar-refractivity contribution in [3.63, 3.8) is 0 Å². The molecule has 36 valence electrons. The summed E-state index contributed by atoms with van der Waals surface area (Å²) in [6, 6.07) is 0. The van der Waals surface area contributed by atoms with Crippen molar-refractivity contribution in [1.82, 2.24) is 0 Å². The van der Waals surface area contributed by atoms with Crippen molar-refractivity contribution in [2.75, 3.05) is 0 Å². The molecule has 0 saturated carbocycles. The van der Waals surface area contributed by atoms with Crippen molar-refractivity contribution in [3.8, 4) is 0 Å². The molecule has 7 heteroatoms. The van der Waals surface area contributed by atoms with E-state index in [0.29, 0.717) is 0 Å². The molecule has 0 unspecified atom stereocenters. The minimum absolute atomic E-state index is 0. The first-order valence-corrected chi connectivity index (χ1v) is 2.73. The van der Waals surface area contributed by atoms with Crippen LogP contribution in [0.4, 0.5) is 0 Å². The van der Waals surface area contributed by atoms with Gasteiger partial charge in [-0.3, -0.25) is 9.11 Å². The molecule has 7 heavy (non-hydrogen) atoms. The van der Waals surface area contributed by atoms with Crippen molar-refractivity contribution in [2.24, 2.45) is 0 Å². The van der Waals surface area contributed by atoms with Gasteiger partial charge in [-0.15, -0.1) is 0 Å². The maximum absolute atomic E-state index is 8.67. The van der Waals surface area contributed by atoms with Crippen LogP contribution in [0.2, 0.25) is 0 Å². The summed E-state index contributed by atoms with van der Waals surface area (Å²) in [7, 11) is 4.64. The Morgan fingerprint density at radius 3 is 1.43 bits per heavy atom. The van der Waals surface area contributed by atoms with Crippen molar-refractivity contribution in [2.45, 2.75) is 0 Å². The Kier molecular flexibility index (Phi) is 35.8. The molecule has 0 atom stereocenters. The Labute approximate surface area is 79.9 Å². The van der Waals surface area contributed by atoms with E-state index in [0.717, 1.165) is 0 Å². The van der Waals surface area contributed by atoms with Crippen LogP contribution in [0.5, 0.6) is 0 Å². The summed E-state index contributed by atoms with van der Waals surface area (Å²) in [6.07, 6.45) is 0. The Bertz CT molecular complexity index is 37.9. The van der Waals surface area contributed by atoms with Crippen LogP contribution in [0.3, 0.4) is 0 Å². The predicted octanol–water partition coefficient (Wildman–Crippen LogP) is -0.659. The molecule has 0 aliphatic rings. The molecule has 0 saturated heterocycles. The summed E-state index contributed by atoms with van der Waals surface area (Å²) in [6.45, 7) is 0. The van der Waals surface area contributed by atoms with Gasteiger partial charge in [-0.2, -0.15) is 4.21 Å². The van der Waals surface area contributed by atoms with E-state index >= 15 is 0 Å². The third-order valence-corrected chi connectivity index (χ3v) is 0. The van der Waals surface area contributed by atoms with Crippen molar-refractivity contribution < 1.29 is 13.3 Å². The SMILES string of the molecule is O=S(O)O.[Li][Cl].[NaH]. The van der Waals surface area contributed by atoms with Gasteiger partial charge in [0.25, 0.3) is 11.4 Å². The maximum atomic E-state index is 8.67. The van der Waals surface area contributed by atoms with Crippen LogP contribution in [0, 0.1) is 0 Å². The topological polar surface area (TPSA) is 57.5 Å². The van der Waals surface area contributed by atoms with Gasteiger partial charge < -0.3 is 0 Å². The van der Waals surface area contributed by atoms with E-state index in [1.165, 1.54) is 16.7 Å². The fourth-order valence-corrected chi connectivity index (χ4v) is 0. The second-order valence-corrected chi connectivity index (χ2v) is 0.692. The molecule has 0 bridgehead atoms. The molecule has 2 N–H and O–H groups in total. The second-order valence-electron chi connectivity index (χ2n) is 0.231. The number of hydrogen-bond acceptors (Lipinski definition) is 1. The summed E-state index contributed by atoms with van der Waals surface area (Å²) in [4.78, 5) is 0. The van der Waals surface area contributed by atoms with Crippen LogP contribution in [0.25, 0.3) is 0 Å². The fraction of sp³-hybridized carbons (Fsp3) is 0. The summed E-state index contributed by atoms with van der Waals surface area (Å²) in [5.41, 5.74) is 0. The molecule has 0 aliphatic carbocycles. The predicted molar refractivity (Wildman–Crippen MR) is 32.2 cm³/mol. The fourth-order valence-electron chi connectivity index (χ4n) is 0. The molecule has 0 rings (SSSR count). The van der Waals surface area contributed by atoms with E-state index in [9.17, 15) is 0 Å². The van der Waals surface area contributed by atoms with Gasteiger partial charge in [0, 0.05) is 0 Å². The zero-order chi connectivity index (χ0) is 5.58. The van der Waals surface area contributed by atoms with Gasteiger partial charge in [0.05, 0.1) is 0 Å². The Balaban J connectivity index is -0.0000000480. The van der Waals surface area contributed by atoms with Gasteiger partial charge in [0.1, 0.15) is 0 Å². The minimum atomic E-state index is -2.61. The first-order chi connectivity index (χ1) is 2.73. The molecule has 0 radical (unpaired) electrons. The average Bonchev–Trinajstić information content (AvgIpc) is 1.41. The van der Waals surface area contributed by atoms with E-state index < -0.39 is 11.4 Å². The van der Waals surface area contributed by atoms with Crippen LogP contribution in [-0.2, 0) is 11.4 Å². The number of halogens is 1. The Morgan fingerprint density at radius 2 is 1.43 bits per heavy atom. The first kappa shape index (κ1) is 16.0. The molecule has 0 spiro atoms. The van der Waals surface area contributed by atoms with E-state index in [2.05, 4.69) is 9.80 Å². The van der Waals surface area contributed by atoms with Crippen LogP contribution in [0.1, 0.15) is 0 Å².